The van der Waals surface area contributed by atoms with Crippen LogP contribution >= 0.6 is 11.6 Å². The summed E-state index contributed by atoms with van der Waals surface area (Å²) < 4.78 is 17.6. The number of hydrogen-bond donors (Lipinski definition) is 2. The van der Waals surface area contributed by atoms with Crippen molar-refractivity contribution in [3.05, 3.63) is 71.0 Å². The summed E-state index contributed by atoms with van der Waals surface area (Å²) in [5.74, 6) is 0.265. The van der Waals surface area contributed by atoms with Crippen molar-refractivity contribution in [2.24, 2.45) is 0 Å². The molecule has 2 N–H and O–H groups in total. The van der Waals surface area contributed by atoms with Crippen LogP contribution in [0.4, 0.5) is 0 Å². The number of benzene rings is 2. The molecule has 2 aromatic carbocycles. The van der Waals surface area contributed by atoms with Gasteiger partial charge in [-0.15, -0.1) is 0 Å². The predicted molar refractivity (Wildman–Crippen MR) is 105 cm³/mol. The Morgan fingerprint density at radius 2 is 1.76 bits per heavy atom. The van der Waals surface area contributed by atoms with Gasteiger partial charge in [0.25, 0.3) is 11.8 Å². The van der Waals surface area contributed by atoms with E-state index in [0.29, 0.717) is 33.5 Å². The third kappa shape index (κ3) is 3.70. The van der Waals surface area contributed by atoms with Gasteiger partial charge in [-0.05, 0) is 36.4 Å². The number of carbonyl (C=O) groups excluding carboxylic acids is 2. The molecule has 4 rings (SSSR count). The molecule has 3 aromatic rings. The standard InChI is InChI=1S/C20H16ClN3O5/c1-27-17-10-15(24-6-2-3-7-24)14(21)9-13(17)20(26)23-22-19(25)12-4-5-16-18(8-12)29-11-28-16/h2-10H,11H2,1H3,(H,22,25)(H,23,26). The molecule has 9 heteroatoms. The third-order valence-electron chi connectivity index (χ3n) is 4.32. The van der Waals surface area contributed by atoms with E-state index in [1.807, 2.05) is 24.5 Å². The van der Waals surface area contributed by atoms with Gasteiger partial charge in [-0.2, -0.15) is 0 Å². The highest BCUT2D eigenvalue weighted by atomic mass is 35.5. The Bertz CT molecular complexity index is 1080. The first kappa shape index (κ1) is 18.7. The second kappa shape index (κ2) is 7.76. The molecular formula is C20H16ClN3O5. The third-order valence-corrected chi connectivity index (χ3v) is 4.62. The lowest BCUT2D eigenvalue weighted by atomic mass is 10.1. The van der Waals surface area contributed by atoms with Crippen LogP contribution in [-0.4, -0.2) is 30.3 Å². The molecule has 0 unspecified atom stereocenters. The fraction of sp³-hybridized carbons (Fsp3) is 0.100. The van der Waals surface area contributed by atoms with Gasteiger partial charge in [-0.1, -0.05) is 11.6 Å². The molecular weight excluding hydrogens is 398 g/mol. The van der Waals surface area contributed by atoms with Crippen LogP contribution in [0, 0.1) is 0 Å². The van der Waals surface area contributed by atoms with E-state index in [0.717, 1.165) is 0 Å². The summed E-state index contributed by atoms with van der Waals surface area (Å²) in [6.45, 7) is 0.108. The number of aromatic nitrogens is 1. The number of fused-ring (bicyclic) bond motifs is 1. The van der Waals surface area contributed by atoms with Gasteiger partial charge in [0.2, 0.25) is 6.79 Å². The van der Waals surface area contributed by atoms with E-state index in [1.54, 1.807) is 22.8 Å². The molecule has 1 aliphatic rings. The van der Waals surface area contributed by atoms with E-state index in [1.165, 1.54) is 19.2 Å². The van der Waals surface area contributed by atoms with Gasteiger partial charge < -0.3 is 18.8 Å². The van der Waals surface area contributed by atoms with Gasteiger partial charge >= 0.3 is 0 Å². The molecule has 0 saturated heterocycles. The fourth-order valence-corrected chi connectivity index (χ4v) is 3.13. The van der Waals surface area contributed by atoms with E-state index >= 15 is 0 Å². The largest absolute Gasteiger partial charge is 0.496 e. The Morgan fingerprint density at radius 1 is 1.03 bits per heavy atom. The molecule has 1 aliphatic heterocycles. The van der Waals surface area contributed by atoms with Gasteiger partial charge in [0, 0.05) is 24.0 Å². The van der Waals surface area contributed by atoms with Crippen molar-refractivity contribution in [2.45, 2.75) is 0 Å². The van der Waals surface area contributed by atoms with Gasteiger partial charge in [0.05, 0.1) is 23.4 Å². The lowest BCUT2D eigenvalue weighted by Crippen LogP contribution is -2.41. The smallest absolute Gasteiger partial charge is 0.273 e. The van der Waals surface area contributed by atoms with E-state index in [2.05, 4.69) is 10.9 Å². The Kier molecular flexibility index (Phi) is 5.01. The van der Waals surface area contributed by atoms with Crippen LogP contribution in [0.1, 0.15) is 20.7 Å². The van der Waals surface area contributed by atoms with Crippen molar-refractivity contribution in [1.82, 2.24) is 15.4 Å². The maximum Gasteiger partial charge on any atom is 0.273 e. The Hall–Kier alpha value is -3.65. The molecule has 0 fully saturated rings. The van der Waals surface area contributed by atoms with Crippen LogP contribution < -0.4 is 25.1 Å². The minimum absolute atomic E-state index is 0.108. The van der Waals surface area contributed by atoms with Crippen LogP contribution in [0.2, 0.25) is 5.02 Å². The van der Waals surface area contributed by atoms with Crippen molar-refractivity contribution < 1.29 is 23.8 Å². The SMILES string of the molecule is COc1cc(-n2cccc2)c(Cl)cc1C(=O)NNC(=O)c1ccc2c(c1)OCO2. The van der Waals surface area contributed by atoms with E-state index in [9.17, 15) is 9.59 Å². The maximum atomic E-state index is 12.6. The molecule has 0 saturated carbocycles. The molecule has 2 amide bonds. The number of methoxy groups -OCH3 is 1. The van der Waals surface area contributed by atoms with Crippen molar-refractivity contribution in [3.8, 4) is 22.9 Å². The first-order chi connectivity index (χ1) is 14.1. The fourth-order valence-electron chi connectivity index (χ4n) is 2.87. The Labute approximate surface area is 170 Å². The van der Waals surface area contributed by atoms with Crippen molar-refractivity contribution in [2.75, 3.05) is 13.9 Å². The summed E-state index contributed by atoms with van der Waals surface area (Å²) >= 11 is 6.34. The second-order valence-electron chi connectivity index (χ2n) is 6.07. The molecule has 0 bridgehead atoms. The molecule has 0 radical (unpaired) electrons. The Balaban J connectivity index is 1.49. The number of halogens is 1. The lowest BCUT2D eigenvalue weighted by molar-refractivity contribution is 0.0845. The summed E-state index contributed by atoms with van der Waals surface area (Å²) in [4.78, 5) is 24.9. The van der Waals surface area contributed by atoms with Gasteiger partial charge in [-0.3, -0.25) is 20.4 Å². The van der Waals surface area contributed by atoms with Crippen LogP contribution in [0.15, 0.2) is 54.9 Å². The Morgan fingerprint density at radius 3 is 2.52 bits per heavy atom. The number of rotatable bonds is 4. The number of ether oxygens (including phenoxy) is 3. The topological polar surface area (TPSA) is 90.8 Å². The summed E-state index contributed by atoms with van der Waals surface area (Å²) in [7, 11) is 1.45. The minimum Gasteiger partial charge on any atom is -0.496 e. The molecule has 8 nitrogen and oxygen atoms in total. The van der Waals surface area contributed by atoms with Crippen molar-refractivity contribution in [3.63, 3.8) is 0 Å². The van der Waals surface area contributed by atoms with E-state index in [-0.39, 0.29) is 12.4 Å². The zero-order chi connectivity index (χ0) is 20.4. The lowest BCUT2D eigenvalue weighted by Gasteiger charge is -2.14. The minimum atomic E-state index is -0.572. The normalized spacial score (nSPS) is 11.8. The number of hydrazine groups is 1. The van der Waals surface area contributed by atoms with Crippen LogP contribution in [-0.2, 0) is 0 Å². The van der Waals surface area contributed by atoms with Crippen LogP contribution in [0.3, 0.4) is 0 Å². The first-order valence-electron chi connectivity index (χ1n) is 8.58. The number of nitrogens with one attached hydrogen (secondary N) is 2. The molecule has 2 heterocycles. The highest BCUT2D eigenvalue weighted by Gasteiger charge is 2.19. The maximum absolute atomic E-state index is 12.6. The molecule has 0 aliphatic carbocycles. The molecule has 1 aromatic heterocycles. The van der Waals surface area contributed by atoms with Gasteiger partial charge in [0.15, 0.2) is 11.5 Å². The van der Waals surface area contributed by atoms with E-state index in [4.69, 9.17) is 25.8 Å². The van der Waals surface area contributed by atoms with Gasteiger partial charge in [-0.25, -0.2) is 0 Å². The van der Waals surface area contributed by atoms with Crippen LogP contribution in [0.5, 0.6) is 17.2 Å². The monoisotopic (exact) mass is 413 g/mol. The van der Waals surface area contributed by atoms with Crippen LogP contribution in [0.25, 0.3) is 5.69 Å². The molecule has 148 valence electrons. The number of nitrogens with zero attached hydrogens (tertiary/aromatic N) is 1. The highest BCUT2D eigenvalue weighted by Crippen LogP contribution is 2.32. The summed E-state index contributed by atoms with van der Waals surface area (Å²) in [6, 6.07) is 11.6. The molecule has 0 spiro atoms. The average molecular weight is 414 g/mol. The second-order valence-corrected chi connectivity index (χ2v) is 6.48. The van der Waals surface area contributed by atoms with Gasteiger partial charge in [0.1, 0.15) is 5.75 Å². The quantitative estimate of drug-likeness (QED) is 0.642. The average Bonchev–Trinajstić information content (AvgIpc) is 3.42. The van der Waals surface area contributed by atoms with Crippen molar-refractivity contribution >= 4 is 23.4 Å². The summed E-state index contributed by atoms with van der Waals surface area (Å²) in [5.41, 5.74) is 5.88. The molecule has 0 atom stereocenters. The summed E-state index contributed by atoms with van der Waals surface area (Å²) in [5, 5.41) is 0.356. The predicted octanol–water partition coefficient (Wildman–Crippen LogP) is 2.94. The number of amides is 2. The highest BCUT2D eigenvalue weighted by molar-refractivity contribution is 6.33. The van der Waals surface area contributed by atoms with E-state index < -0.39 is 11.8 Å². The number of carbonyl (C=O) groups is 2. The molecule has 29 heavy (non-hydrogen) atoms. The first-order valence-corrected chi connectivity index (χ1v) is 8.96. The summed E-state index contributed by atoms with van der Waals surface area (Å²) in [6.07, 6.45) is 3.65. The zero-order valence-corrected chi connectivity index (χ0v) is 16.0. The number of hydrogen-bond acceptors (Lipinski definition) is 5. The van der Waals surface area contributed by atoms with Crippen molar-refractivity contribution in [1.29, 1.82) is 0 Å². The zero-order valence-electron chi connectivity index (χ0n) is 15.3.